The van der Waals surface area contributed by atoms with E-state index in [1.165, 1.54) is 30.6 Å². The molecule has 0 aliphatic rings. The lowest BCUT2D eigenvalue weighted by atomic mass is 10.0. The topological polar surface area (TPSA) is 12.0 Å². The summed E-state index contributed by atoms with van der Waals surface area (Å²) in [6.07, 6.45) is 5.35. The van der Waals surface area contributed by atoms with Crippen LogP contribution in [0.4, 0.5) is 0 Å². The number of thiophene rings is 1. The highest BCUT2D eigenvalue weighted by Gasteiger charge is 2.15. The Morgan fingerprint density at radius 2 is 2.06 bits per heavy atom. The Kier molecular flexibility index (Phi) is 6.74. The minimum Gasteiger partial charge on any atom is -0.309 e. The molecule has 0 spiro atoms. The lowest BCUT2D eigenvalue weighted by Gasteiger charge is -2.21. The van der Waals surface area contributed by atoms with Crippen molar-refractivity contribution in [1.82, 2.24) is 5.32 Å². The zero-order valence-electron chi connectivity index (χ0n) is 10.8. The number of nitrogens with one attached hydrogen (secondary N) is 1. The Morgan fingerprint density at radius 3 is 2.62 bits per heavy atom. The maximum absolute atomic E-state index is 3.69. The summed E-state index contributed by atoms with van der Waals surface area (Å²) >= 11 is 1.87. The standard InChI is InChI=1S/C14H25NS/c1-4-5-6-7-10-15-14(12(2)3)13-9-8-11-16-13/h8-9,11-12,14-15H,4-7,10H2,1-3H3. The predicted molar refractivity (Wildman–Crippen MR) is 74.0 cm³/mol. The Morgan fingerprint density at radius 1 is 1.25 bits per heavy atom. The highest BCUT2D eigenvalue weighted by atomic mass is 32.1. The van der Waals surface area contributed by atoms with Gasteiger partial charge in [0.15, 0.2) is 0 Å². The third kappa shape index (κ3) is 4.67. The van der Waals surface area contributed by atoms with Gasteiger partial charge in [-0.25, -0.2) is 0 Å². The fourth-order valence-electron chi connectivity index (χ4n) is 1.94. The summed E-state index contributed by atoms with van der Waals surface area (Å²) in [7, 11) is 0. The first kappa shape index (κ1) is 13.7. The van der Waals surface area contributed by atoms with Crippen LogP contribution in [0.3, 0.4) is 0 Å². The van der Waals surface area contributed by atoms with Crippen LogP contribution < -0.4 is 5.32 Å². The van der Waals surface area contributed by atoms with E-state index in [-0.39, 0.29) is 0 Å². The smallest absolute Gasteiger partial charge is 0.0438 e. The van der Waals surface area contributed by atoms with Crippen molar-refractivity contribution in [3.8, 4) is 0 Å². The largest absolute Gasteiger partial charge is 0.309 e. The maximum Gasteiger partial charge on any atom is 0.0438 e. The van der Waals surface area contributed by atoms with Crippen LogP contribution in [0.5, 0.6) is 0 Å². The fourth-order valence-corrected chi connectivity index (χ4v) is 2.92. The van der Waals surface area contributed by atoms with Crippen molar-refractivity contribution in [2.45, 2.75) is 52.5 Å². The van der Waals surface area contributed by atoms with Gasteiger partial charge in [0.2, 0.25) is 0 Å². The third-order valence-electron chi connectivity index (χ3n) is 2.91. The van der Waals surface area contributed by atoms with E-state index in [2.05, 4.69) is 43.6 Å². The molecule has 1 unspecified atom stereocenters. The van der Waals surface area contributed by atoms with Crippen LogP contribution in [0.15, 0.2) is 17.5 Å². The molecule has 1 heterocycles. The van der Waals surface area contributed by atoms with Crippen molar-refractivity contribution >= 4 is 11.3 Å². The van der Waals surface area contributed by atoms with Gasteiger partial charge in [-0.05, 0) is 30.3 Å². The molecule has 1 N–H and O–H groups in total. The van der Waals surface area contributed by atoms with Gasteiger partial charge in [0.25, 0.3) is 0 Å². The molecular formula is C14H25NS. The lowest BCUT2D eigenvalue weighted by Crippen LogP contribution is -2.25. The minimum absolute atomic E-state index is 0.543. The van der Waals surface area contributed by atoms with Gasteiger partial charge >= 0.3 is 0 Å². The fraction of sp³-hybridized carbons (Fsp3) is 0.714. The van der Waals surface area contributed by atoms with E-state index in [9.17, 15) is 0 Å². The average molecular weight is 239 g/mol. The van der Waals surface area contributed by atoms with Crippen molar-refractivity contribution in [1.29, 1.82) is 0 Å². The van der Waals surface area contributed by atoms with E-state index in [1.54, 1.807) is 0 Å². The molecule has 0 saturated carbocycles. The molecule has 1 nitrogen and oxygen atoms in total. The first-order chi connectivity index (χ1) is 7.75. The van der Waals surface area contributed by atoms with Gasteiger partial charge in [-0.1, -0.05) is 46.1 Å². The summed E-state index contributed by atoms with van der Waals surface area (Å²) in [6, 6.07) is 4.93. The molecule has 1 atom stereocenters. The summed E-state index contributed by atoms with van der Waals surface area (Å²) in [5.41, 5.74) is 0. The van der Waals surface area contributed by atoms with E-state index < -0.39 is 0 Å². The molecule has 1 aromatic heterocycles. The predicted octanol–water partition coefficient (Wildman–Crippen LogP) is 4.62. The molecule has 1 aromatic rings. The minimum atomic E-state index is 0.543. The maximum atomic E-state index is 3.69. The van der Waals surface area contributed by atoms with Gasteiger partial charge in [0.1, 0.15) is 0 Å². The number of rotatable bonds is 8. The second-order valence-corrected chi connectivity index (χ2v) is 5.73. The SMILES string of the molecule is CCCCCCNC(c1cccs1)C(C)C. The van der Waals surface area contributed by atoms with Gasteiger partial charge < -0.3 is 5.32 Å². The molecule has 0 aliphatic heterocycles. The number of hydrogen-bond donors (Lipinski definition) is 1. The van der Waals surface area contributed by atoms with Crippen molar-refractivity contribution in [2.75, 3.05) is 6.54 Å². The Labute approximate surface area is 104 Å². The lowest BCUT2D eigenvalue weighted by molar-refractivity contribution is 0.411. The Bertz CT molecular complexity index is 254. The Balaban J connectivity index is 2.30. The first-order valence-electron chi connectivity index (χ1n) is 6.52. The molecule has 2 heteroatoms. The van der Waals surface area contributed by atoms with Crippen LogP contribution in [0.2, 0.25) is 0 Å². The normalized spacial score (nSPS) is 13.2. The van der Waals surface area contributed by atoms with Crippen LogP contribution in [0.25, 0.3) is 0 Å². The van der Waals surface area contributed by atoms with Crippen molar-refractivity contribution in [3.05, 3.63) is 22.4 Å². The van der Waals surface area contributed by atoms with E-state index in [0.29, 0.717) is 12.0 Å². The van der Waals surface area contributed by atoms with E-state index in [4.69, 9.17) is 0 Å². The second kappa shape index (κ2) is 7.86. The Hall–Kier alpha value is -0.340. The van der Waals surface area contributed by atoms with Gasteiger partial charge in [-0.3, -0.25) is 0 Å². The van der Waals surface area contributed by atoms with Crippen molar-refractivity contribution in [2.24, 2.45) is 5.92 Å². The molecule has 16 heavy (non-hydrogen) atoms. The summed E-state index contributed by atoms with van der Waals surface area (Å²) < 4.78 is 0. The first-order valence-corrected chi connectivity index (χ1v) is 7.40. The van der Waals surface area contributed by atoms with Gasteiger partial charge in [0, 0.05) is 10.9 Å². The molecule has 0 amide bonds. The van der Waals surface area contributed by atoms with Crippen LogP contribution in [-0.4, -0.2) is 6.54 Å². The average Bonchev–Trinajstić information content (AvgIpc) is 2.76. The second-order valence-electron chi connectivity index (χ2n) is 4.75. The van der Waals surface area contributed by atoms with Crippen molar-refractivity contribution < 1.29 is 0 Å². The molecule has 0 aliphatic carbocycles. The zero-order valence-corrected chi connectivity index (χ0v) is 11.6. The van der Waals surface area contributed by atoms with Crippen LogP contribution in [-0.2, 0) is 0 Å². The van der Waals surface area contributed by atoms with Gasteiger partial charge in [-0.2, -0.15) is 0 Å². The van der Waals surface area contributed by atoms with Crippen LogP contribution in [0.1, 0.15) is 57.4 Å². The summed E-state index contributed by atoms with van der Waals surface area (Å²) in [6.45, 7) is 8.00. The summed E-state index contributed by atoms with van der Waals surface area (Å²) in [5.74, 6) is 0.671. The monoisotopic (exact) mass is 239 g/mol. The van der Waals surface area contributed by atoms with E-state index in [1.807, 2.05) is 11.3 Å². The third-order valence-corrected chi connectivity index (χ3v) is 3.87. The van der Waals surface area contributed by atoms with Gasteiger partial charge in [0.05, 0.1) is 0 Å². The number of hydrogen-bond acceptors (Lipinski definition) is 2. The molecule has 0 radical (unpaired) electrons. The molecule has 0 saturated heterocycles. The molecule has 1 rings (SSSR count). The van der Waals surface area contributed by atoms with Crippen LogP contribution >= 0.6 is 11.3 Å². The molecule has 0 fully saturated rings. The number of unbranched alkanes of at least 4 members (excludes halogenated alkanes) is 3. The van der Waals surface area contributed by atoms with Crippen molar-refractivity contribution in [3.63, 3.8) is 0 Å². The quantitative estimate of drug-likeness (QED) is 0.653. The van der Waals surface area contributed by atoms with E-state index in [0.717, 1.165) is 6.54 Å². The highest BCUT2D eigenvalue weighted by molar-refractivity contribution is 7.10. The van der Waals surface area contributed by atoms with Gasteiger partial charge in [-0.15, -0.1) is 11.3 Å². The van der Waals surface area contributed by atoms with Crippen LogP contribution in [0, 0.1) is 5.92 Å². The molecular weight excluding hydrogens is 214 g/mol. The summed E-state index contributed by atoms with van der Waals surface area (Å²) in [4.78, 5) is 1.48. The molecule has 0 aromatic carbocycles. The van der Waals surface area contributed by atoms with E-state index >= 15 is 0 Å². The summed E-state index contributed by atoms with van der Waals surface area (Å²) in [5, 5.41) is 5.86. The molecule has 92 valence electrons. The highest BCUT2D eigenvalue weighted by Crippen LogP contribution is 2.25. The zero-order chi connectivity index (χ0) is 11.8. The molecule has 0 bridgehead atoms.